The Kier molecular flexibility index (Phi) is 5.92. The molecule has 23 heavy (non-hydrogen) atoms. The Morgan fingerprint density at radius 1 is 0.957 bits per heavy atom. The van der Waals surface area contributed by atoms with Crippen molar-refractivity contribution in [2.45, 2.75) is 32.7 Å². The number of aryl methyl sites for hydroxylation is 2. The third kappa shape index (κ3) is 5.58. The fraction of sp³-hybridized carbons (Fsp3) is 0.263. The van der Waals surface area contributed by atoms with E-state index in [1.165, 1.54) is 11.1 Å². The molecular formula is C19H21NO3. The number of nitrogens with one attached hydrogen (secondary N) is 1. The summed E-state index contributed by atoms with van der Waals surface area (Å²) in [6, 6.07) is 14.9. The van der Waals surface area contributed by atoms with E-state index < -0.39 is 5.97 Å². The lowest BCUT2D eigenvalue weighted by Gasteiger charge is -2.06. The summed E-state index contributed by atoms with van der Waals surface area (Å²) in [5.74, 6) is -0.934. The van der Waals surface area contributed by atoms with Gasteiger partial charge in [-0.15, -0.1) is 0 Å². The van der Waals surface area contributed by atoms with Crippen molar-refractivity contribution in [2.75, 3.05) is 0 Å². The van der Waals surface area contributed by atoms with Crippen LogP contribution in [0.3, 0.4) is 0 Å². The van der Waals surface area contributed by atoms with E-state index in [0.29, 0.717) is 13.0 Å². The summed E-state index contributed by atoms with van der Waals surface area (Å²) in [6.07, 6.45) is 2.19. The lowest BCUT2D eigenvalue weighted by atomic mass is 10.1. The molecule has 4 heteroatoms. The molecule has 0 atom stereocenters. The second-order valence-corrected chi connectivity index (χ2v) is 5.62. The van der Waals surface area contributed by atoms with Crippen molar-refractivity contribution < 1.29 is 14.7 Å². The van der Waals surface area contributed by atoms with Gasteiger partial charge in [0, 0.05) is 13.0 Å². The molecule has 0 unspecified atom stereocenters. The second kappa shape index (κ2) is 8.13. The van der Waals surface area contributed by atoms with Gasteiger partial charge in [0.15, 0.2) is 0 Å². The van der Waals surface area contributed by atoms with Gasteiger partial charge in [0.05, 0.1) is 5.56 Å². The number of carbonyl (C=O) groups is 2. The zero-order chi connectivity index (χ0) is 16.7. The average Bonchev–Trinajstić information content (AvgIpc) is 2.55. The minimum absolute atomic E-state index is 0.0134. The highest BCUT2D eigenvalue weighted by Crippen LogP contribution is 2.08. The van der Waals surface area contributed by atoms with E-state index >= 15 is 0 Å². The molecule has 0 bridgehead atoms. The van der Waals surface area contributed by atoms with Crippen molar-refractivity contribution in [1.29, 1.82) is 0 Å². The third-order valence-electron chi connectivity index (χ3n) is 3.68. The predicted molar refractivity (Wildman–Crippen MR) is 89.4 cm³/mol. The van der Waals surface area contributed by atoms with Crippen molar-refractivity contribution in [2.24, 2.45) is 0 Å². The highest BCUT2D eigenvalue weighted by Gasteiger charge is 2.04. The van der Waals surface area contributed by atoms with Gasteiger partial charge in [-0.1, -0.05) is 42.0 Å². The first-order valence-corrected chi connectivity index (χ1v) is 7.69. The highest BCUT2D eigenvalue weighted by atomic mass is 16.4. The number of aromatic carboxylic acids is 1. The van der Waals surface area contributed by atoms with Gasteiger partial charge in [-0.05, 0) is 43.0 Å². The molecule has 1 amide bonds. The van der Waals surface area contributed by atoms with E-state index in [-0.39, 0.29) is 11.5 Å². The molecule has 2 aromatic carbocycles. The summed E-state index contributed by atoms with van der Waals surface area (Å²) in [4.78, 5) is 22.6. The molecule has 2 aromatic rings. The van der Waals surface area contributed by atoms with Crippen molar-refractivity contribution in [1.82, 2.24) is 5.32 Å². The molecule has 0 fully saturated rings. The van der Waals surface area contributed by atoms with Gasteiger partial charge in [-0.2, -0.15) is 0 Å². The van der Waals surface area contributed by atoms with Gasteiger partial charge >= 0.3 is 5.97 Å². The fourth-order valence-electron chi connectivity index (χ4n) is 2.26. The van der Waals surface area contributed by atoms with Crippen molar-refractivity contribution in [3.8, 4) is 0 Å². The first-order chi connectivity index (χ1) is 11.0. The summed E-state index contributed by atoms with van der Waals surface area (Å²) >= 11 is 0. The van der Waals surface area contributed by atoms with E-state index in [0.717, 1.165) is 18.4 Å². The summed E-state index contributed by atoms with van der Waals surface area (Å²) in [5.41, 5.74) is 3.62. The van der Waals surface area contributed by atoms with Gasteiger partial charge < -0.3 is 10.4 Å². The van der Waals surface area contributed by atoms with Crippen LogP contribution in [-0.4, -0.2) is 17.0 Å². The highest BCUT2D eigenvalue weighted by molar-refractivity contribution is 5.87. The lowest BCUT2D eigenvalue weighted by Crippen LogP contribution is -2.22. The minimum atomic E-state index is -0.948. The number of carboxylic acids is 1. The van der Waals surface area contributed by atoms with Crippen molar-refractivity contribution in [3.05, 3.63) is 70.8 Å². The maximum atomic E-state index is 11.8. The van der Waals surface area contributed by atoms with Crippen molar-refractivity contribution in [3.63, 3.8) is 0 Å². The molecule has 0 aliphatic heterocycles. The number of hydrogen-bond acceptors (Lipinski definition) is 2. The van der Waals surface area contributed by atoms with E-state index in [9.17, 15) is 9.59 Å². The van der Waals surface area contributed by atoms with Crippen LogP contribution >= 0.6 is 0 Å². The number of carbonyl (C=O) groups excluding carboxylic acids is 1. The fourth-order valence-corrected chi connectivity index (χ4v) is 2.26. The molecule has 0 aliphatic rings. The normalized spacial score (nSPS) is 10.3. The largest absolute Gasteiger partial charge is 0.478 e. The van der Waals surface area contributed by atoms with Gasteiger partial charge in [0.2, 0.25) is 5.91 Å². The molecule has 0 radical (unpaired) electrons. The number of rotatable bonds is 7. The summed E-state index contributed by atoms with van der Waals surface area (Å²) in [5, 5.41) is 11.7. The number of amides is 1. The monoisotopic (exact) mass is 311 g/mol. The van der Waals surface area contributed by atoms with Crippen LogP contribution < -0.4 is 5.32 Å². The van der Waals surface area contributed by atoms with Gasteiger partial charge in [-0.25, -0.2) is 4.79 Å². The van der Waals surface area contributed by atoms with Crippen LogP contribution in [0.1, 0.15) is 39.9 Å². The molecule has 0 saturated carbocycles. The van der Waals surface area contributed by atoms with Gasteiger partial charge in [-0.3, -0.25) is 4.79 Å². The quantitative estimate of drug-likeness (QED) is 0.824. The second-order valence-electron chi connectivity index (χ2n) is 5.62. The molecule has 120 valence electrons. The molecule has 0 saturated heterocycles. The first-order valence-electron chi connectivity index (χ1n) is 7.69. The molecule has 0 spiro atoms. The van der Waals surface area contributed by atoms with Crippen LogP contribution in [0.4, 0.5) is 0 Å². The van der Waals surface area contributed by atoms with Gasteiger partial charge in [0.25, 0.3) is 0 Å². The SMILES string of the molecule is Cc1ccc(CCCC(=O)NCc2ccc(C(=O)O)cc2)cc1. The first kappa shape index (κ1) is 16.7. The van der Waals surface area contributed by atoms with Crippen LogP contribution in [0.5, 0.6) is 0 Å². The predicted octanol–water partition coefficient (Wildman–Crippen LogP) is 3.33. The lowest BCUT2D eigenvalue weighted by molar-refractivity contribution is -0.121. The molecule has 0 aliphatic carbocycles. The van der Waals surface area contributed by atoms with E-state index in [2.05, 4.69) is 36.5 Å². The van der Waals surface area contributed by atoms with Crippen molar-refractivity contribution >= 4 is 11.9 Å². The molecule has 0 aromatic heterocycles. The molecule has 2 N–H and O–H groups in total. The zero-order valence-electron chi connectivity index (χ0n) is 13.2. The molecule has 0 heterocycles. The number of hydrogen-bond donors (Lipinski definition) is 2. The topological polar surface area (TPSA) is 66.4 Å². The zero-order valence-corrected chi connectivity index (χ0v) is 13.2. The van der Waals surface area contributed by atoms with Crippen LogP contribution in [0, 0.1) is 6.92 Å². The smallest absolute Gasteiger partial charge is 0.335 e. The Balaban J connectivity index is 1.70. The number of benzene rings is 2. The standard InChI is InChI=1S/C19H21NO3/c1-14-5-7-15(8-6-14)3-2-4-18(21)20-13-16-9-11-17(12-10-16)19(22)23/h5-12H,2-4,13H2,1H3,(H,20,21)(H,22,23). The molecule has 4 nitrogen and oxygen atoms in total. The van der Waals surface area contributed by atoms with Crippen LogP contribution in [0.2, 0.25) is 0 Å². The van der Waals surface area contributed by atoms with Gasteiger partial charge in [0.1, 0.15) is 0 Å². The maximum Gasteiger partial charge on any atom is 0.335 e. The Hall–Kier alpha value is -2.62. The number of carboxylic acid groups (broad SMARTS) is 1. The van der Waals surface area contributed by atoms with Crippen LogP contribution in [-0.2, 0) is 17.8 Å². The average molecular weight is 311 g/mol. The van der Waals surface area contributed by atoms with E-state index in [1.54, 1.807) is 24.3 Å². The van der Waals surface area contributed by atoms with E-state index in [4.69, 9.17) is 5.11 Å². The Labute approximate surface area is 136 Å². The summed E-state index contributed by atoms with van der Waals surface area (Å²) < 4.78 is 0. The minimum Gasteiger partial charge on any atom is -0.478 e. The van der Waals surface area contributed by atoms with Crippen LogP contribution in [0.15, 0.2) is 48.5 Å². The molecule has 2 rings (SSSR count). The summed E-state index contributed by atoms with van der Waals surface area (Å²) in [7, 11) is 0. The Bertz CT molecular complexity index is 660. The maximum absolute atomic E-state index is 11.8. The van der Waals surface area contributed by atoms with Crippen LogP contribution in [0.25, 0.3) is 0 Å². The summed E-state index contributed by atoms with van der Waals surface area (Å²) in [6.45, 7) is 2.48. The Morgan fingerprint density at radius 3 is 2.17 bits per heavy atom. The van der Waals surface area contributed by atoms with E-state index in [1.807, 2.05) is 0 Å². The molecular weight excluding hydrogens is 290 g/mol. The third-order valence-corrected chi connectivity index (χ3v) is 3.68. The Morgan fingerprint density at radius 2 is 1.57 bits per heavy atom.